The van der Waals surface area contributed by atoms with E-state index in [9.17, 15) is 14.4 Å². The quantitative estimate of drug-likeness (QED) is 0.671. The van der Waals surface area contributed by atoms with Crippen LogP contribution in [0, 0.1) is 12.8 Å². The zero-order valence-corrected chi connectivity index (χ0v) is 16.7. The van der Waals surface area contributed by atoms with Gasteiger partial charge in [-0.1, -0.05) is 36.8 Å². The van der Waals surface area contributed by atoms with E-state index in [1.165, 1.54) is 0 Å². The Kier molecular flexibility index (Phi) is 6.49. The molecule has 0 aliphatic carbocycles. The molecule has 148 valence electrons. The van der Waals surface area contributed by atoms with E-state index in [1.807, 2.05) is 31.2 Å². The van der Waals surface area contributed by atoms with Crippen LogP contribution in [-0.4, -0.2) is 48.4 Å². The molecular formula is C19H27ClN4O3. The van der Waals surface area contributed by atoms with Gasteiger partial charge in [0, 0.05) is 12.6 Å². The summed E-state index contributed by atoms with van der Waals surface area (Å²) in [5, 5.41) is 8.91. The highest BCUT2D eigenvalue weighted by Gasteiger charge is 2.49. The van der Waals surface area contributed by atoms with Crippen molar-refractivity contribution in [2.24, 2.45) is 5.92 Å². The molecule has 2 heterocycles. The van der Waals surface area contributed by atoms with Crippen LogP contribution < -0.4 is 16.0 Å². The third kappa shape index (κ3) is 4.25. The summed E-state index contributed by atoms with van der Waals surface area (Å²) >= 11 is 0. The Morgan fingerprint density at radius 2 is 1.96 bits per heavy atom. The number of imide groups is 1. The summed E-state index contributed by atoms with van der Waals surface area (Å²) in [5.74, 6) is -0.361. The second-order valence-electron chi connectivity index (χ2n) is 7.46. The van der Waals surface area contributed by atoms with Gasteiger partial charge in [-0.05, 0) is 38.3 Å². The van der Waals surface area contributed by atoms with E-state index < -0.39 is 17.5 Å². The van der Waals surface area contributed by atoms with Gasteiger partial charge in [0.2, 0.25) is 5.91 Å². The lowest BCUT2D eigenvalue weighted by Crippen LogP contribution is -2.53. The highest BCUT2D eigenvalue weighted by atomic mass is 35.5. The molecule has 0 bridgehead atoms. The maximum atomic E-state index is 12.9. The number of aryl methyl sites for hydroxylation is 1. The van der Waals surface area contributed by atoms with Crippen LogP contribution in [0.1, 0.15) is 31.4 Å². The number of amides is 4. The van der Waals surface area contributed by atoms with Crippen molar-refractivity contribution in [1.82, 2.24) is 20.9 Å². The number of urea groups is 1. The zero-order chi connectivity index (χ0) is 18.9. The molecule has 27 heavy (non-hydrogen) atoms. The van der Waals surface area contributed by atoms with Crippen molar-refractivity contribution in [2.45, 2.75) is 38.8 Å². The summed E-state index contributed by atoms with van der Waals surface area (Å²) in [4.78, 5) is 38.6. The van der Waals surface area contributed by atoms with E-state index in [0.29, 0.717) is 18.0 Å². The molecule has 4 amide bonds. The van der Waals surface area contributed by atoms with Crippen molar-refractivity contribution in [3.8, 4) is 0 Å². The number of rotatable bonds is 4. The van der Waals surface area contributed by atoms with E-state index in [2.05, 4.69) is 22.9 Å². The van der Waals surface area contributed by atoms with E-state index in [0.717, 1.165) is 23.4 Å². The minimum absolute atomic E-state index is 0. The molecule has 0 spiro atoms. The first-order valence-corrected chi connectivity index (χ1v) is 9.02. The Bertz CT molecular complexity index is 724. The summed E-state index contributed by atoms with van der Waals surface area (Å²) in [6, 6.07) is 6.92. The molecule has 8 heteroatoms. The molecule has 2 aliphatic heterocycles. The maximum Gasteiger partial charge on any atom is 0.325 e. The van der Waals surface area contributed by atoms with Gasteiger partial charge in [-0.25, -0.2) is 4.79 Å². The molecule has 1 aromatic carbocycles. The number of hydrogen-bond donors (Lipinski definition) is 3. The van der Waals surface area contributed by atoms with Gasteiger partial charge in [0.1, 0.15) is 12.1 Å². The van der Waals surface area contributed by atoms with Gasteiger partial charge in [0.15, 0.2) is 0 Å². The molecule has 0 radical (unpaired) electrons. The van der Waals surface area contributed by atoms with E-state index in [4.69, 9.17) is 0 Å². The van der Waals surface area contributed by atoms with Crippen LogP contribution in [0.4, 0.5) is 4.79 Å². The van der Waals surface area contributed by atoms with Gasteiger partial charge in [-0.3, -0.25) is 14.5 Å². The number of benzene rings is 1. The zero-order valence-electron chi connectivity index (χ0n) is 15.9. The minimum atomic E-state index is -1.15. The third-order valence-electron chi connectivity index (χ3n) is 5.38. The predicted molar refractivity (Wildman–Crippen MR) is 105 cm³/mol. The lowest BCUT2D eigenvalue weighted by Gasteiger charge is -2.30. The molecule has 3 rings (SSSR count). The SMILES string of the molecule is Cc1ccc(C2(C)NC(=O)N(CC(=O)NC3CNCCC3C)C2=O)cc1.Cl. The van der Waals surface area contributed by atoms with Crippen LogP contribution in [0.25, 0.3) is 0 Å². The molecule has 3 unspecified atom stereocenters. The van der Waals surface area contributed by atoms with Crippen LogP contribution >= 0.6 is 12.4 Å². The number of nitrogens with zero attached hydrogens (tertiary/aromatic N) is 1. The smallest absolute Gasteiger partial charge is 0.325 e. The van der Waals surface area contributed by atoms with Crippen LogP contribution in [0.15, 0.2) is 24.3 Å². The molecule has 0 saturated carbocycles. The first-order chi connectivity index (χ1) is 12.3. The topological polar surface area (TPSA) is 90.5 Å². The Hall–Kier alpha value is -2.12. The molecule has 2 saturated heterocycles. The van der Waals surface area contributed by atoms with Gasteiger partial charge in [0.05, 0.1) is 0 Å². The molecule has 1 aromatic rings. The highest BCUT2D eigenvalue weighted by molar-refractivity contribution is 6.09. The Morgan fingerprint density at radius 1 is 1.30 bits per heavy atom. The van der Waals surface area contributed by atoms with Crippen molar-refractivity contribution in [3.63, 3.8) is 0 Å². The van der Waals surface area contributed by atoms with Gasteiger partial charge in [-0.15, -0.1) is 12.4 Å². The minimum Gasteiger partial charge on any atom is -0.350 e. The molecule has 7 nitrogen and oxygen atoms in total. The Labute approximate surface area is 165 Å². The summed E-state index contributed by atoms with van der Waals surface area (Å²) in [6.07, 6.45) is 0.986. The van der Waals surface area contributed by atoms with Gasteiger partial charge in [-0.2, -0.15) is 0 Å². The fourth-order valence-corrected chi connectivity index (χ4v) is 3.50. The van der Waals surface area contributed by atoms with Crippen molar-refractivity contribution in [2.75, 3.05) is 19.6 Å². The second-order valence-corrected chi connectivity index (χ2v) is 7.46. The summed E-state index contributed by atoms with van der Waals surface area (Å²) in [7, 11) is 0. The summed E-state index contributed by atoms with van der Waals surface area (Å²) in [5.41, 5.74) is 0.625. The number of piperidine rings is 1. The predicted octanol–water partition coefficient (Wildman–Crippen LogP) is 1.30. The molecule has 2 fully saturated rings. The van der Waals surface area contributed by atoms with Crippen LogP contribution in [0.2, 0.25) is 0 Å². The van der Waals surface area contributed by atoms with Gasteiger partial charge >= 0.3 is 6.03 Å². The lowest BCUT2D eigenvalue weighted by atomic mass is 9.91. The first kappa shape index (κ1) is 21.2. The standard InChI is InChI=1S/C19H26N4O3.ClH/c1-12-4-6-14(7-5-12)19(3)17(25)23(18(26)22-19)11-16(24)21-15-10-20-9-8-13(15)2;/h4-7,13,15,20H,8-11H2,1-3H3,(H,21,24)(H,22,26);1H. The lowest BCUT2D eigenvalue weighted by molar-refractivity contribution is -0.135. The van der Waals surface area contributed by atoms with Crippen LogP contribution in [-0.2, 0) is 15.1 Å². The monoisotopic (exact) mass is 394 g/mol. The number of carbonyl (C=O) groups is 3. The largest absolute Gasteiger partial charge is 0.350 e. The highest BCUT2D eigenvalue weighted by Crippen LogP contribution is 2.28. The normalized spacial score (nSPS) is 27.7. The molecule has 3 atom stereocenters. The third-order valence-corrected chi connectivity index (χ3v) is 5.38. The molecule has 2 aliphatic rings. The molecular weight excluding hydrogens is 368 g/mol. The summed E-state index contributed by atoms with van der Waals surface area (Å²) in [6.45, 7) is 7.09. The summed E-state index contributed by atoms with van der Waals surface area (Å²) < 4.78 is 0. The fourth-order valence-electron chi connectivity index (χ4n) is 3.50. The van der Waals surface area contributed by atoms with E-state index >= 15 is 0 Å². The first-order valence-electron chi connectivity index (χ1n) is 9.02. The van der Waals surface area contributed by atoms with Crippen LogP contribution in [0.3, 0.4) is 0 Å². The number of carbonyl (C=O) groups excluding carboxylic acids is 3. The Balaban J connectivity index is 0.00000261. The Morgan fingerprint density at radius 3 is 2.59 bits per heavy atom. The molecule has 0 aromatic heterocycles. The van der Waals surface area contributed by atoms with Crippen molar-refractivity contribution < 1.29 is 14.4 Å². The second kappa shape index (κ2) is 8.27. The number of hydrogen-bond acceptors (Lipinski definition) is 4. The van der Waals surface area contributed by atoms with Gasteiger partial charge in [0.25, 0.3) is 5.91 Å². The number of halogens is 1. The van der Waals surface area contributed by atoms with E-state index in [1.54, 1.807) is 6.92 Å². The van der Waals surface area contributed by atoms with Crippen molar-refractivity contribution in [1.29, 1.82) is 0 Å². The molecule has 3 N–H and O–H groups in total. The van der Waals surface area contributed by atoms with Gasteiger partial charge < -0.3 is 16.0 Å². The number of nitrogens with one attached hydrogen (secondary N) is 3. The van der Waals surface area contributed by atoms with Crippen molar-refractivity contribution in [3.05, 3.63) is 35.4 Å². The van der Waals surface area contributed by atoms with Crippen LogP contribution in [0.5, 0.6) is 0 Å². The average Bonchev–Trinajstić information content (AvgIpc) is 2.82. The average molecular weight is 395 g/mol. The maximum absolute atomic E-state index is 12.9. The fraction of sp³-hybridized carbons (Fsp3) is 0.526. The van der Waals surface area contributed by atoms with Crippen molar-refractivity contribution >= 4 is 30.3 Å². The van der Waals surface area contributed by atoms with E-state index in [-0.39, 0.29) is 30.9 Å².